The smallest absolute Gasteiger partial charge is 0.326 e. The lowest BCUT2D eigenvalue weighted by Gasteiger charge is -2.18. The molecule has 0 heterocycles. The van der Waals surface area contributed by atoms with Gasteiger partial charge in [0.1, 0.15) is 12.1 Å². The summed E-state index contributed by atoms with van der Waals surface area (Å²) < 4.78 is 0. The van der Waals surface area contributed by atoms with E-state index in [1.54, 1.807) is 18.2 Å². The van der Waals surface area contributed by atoms with Gasteiger partial charge in [-0.05, 0) is 37.5 Å². The van der Waals surface area contributed by atoms with Gasteiger partial charge < -0.3 is 37.0 Å². The van der Waals surface area contributed by atoms with Gasteiger partial charge in [-0.3, -0.25) is 9.59 Å². The summed E-state index contributed by atoms with van der Waals surface area (Å²) in [6, 6.07) is -3.78. The predicted octanol–water partition coefficient (Wildman–Crippen LogP) is 0.318. The molecule has 12 nitrogen and oxygen atoms in total. The van der Waals surface area contributed by atoms with Crippen molar-refractivity contribution < 1.29 is 39.3 Å². The van der Waals surface area contributed by atoms with Crippen molar-refractivity contribution in [3.8, 4) is 0 Å². The molecule has 0 fully saturated rings. The van der Waals surface area contributed by atoms with E-state index in [4.69, 9.17) is 15.9 Å². The van der Waals surface area contributed by atoms with Gasteiger partial charge in [0.05, 0.1) is 6.42 Å². The first-order chi connectivity index (χ1) is 15.1. The van der Waals surface area contributed by atoms with E-state index in [1.165, 1.54) is 6.20 Å². The topological polar surface area (TPSA) is 208 Å². The molecule has 0 saturated heterocycles. The highest BCUT2D eigenvalue weighted by Crippen LogP contribution is 2.04. The highest BCUT2D eigenvalue weighted by molar-refractivity contribution is 5.86. The molecule has 0 aromatic heterocycles. The number of carboxylic acids is 3. The zero-order valence-electron chi connectivity index (χ0n) is 17.6. The molecule has 0 aliphatic carbocycles. The van der Waals surface area contributed by atoms with Crippen molar-refractivity contribution >= 4 is 29.8 Å². The summed E-state index contributed by atoms with van der Waals surface area (Å²) in [6.07, 6.45) is 6.25. The number of nitrogens with one attached hydrogen (secondary N) is 3. The van der Waals surface area contributed by atoms with Crippen LogP contribution in [0.3, 0.4) is 0 Å². The fourth-order valence-electron chi connectivity index (χ4n) is 2.45. The molecule has 12 heteroatoms. The van der Waals surface area contributed by atoms with Crippen LogP contribution < -0.4 is 21.7 Å². The van der Waals surface area contributed by atoms with Crippen LogP contribution in [0.25, 0.3) is 0 Å². The maximum atomic E-state index is 11.9. The van der Waals surface area contributed by atoms with E-state index < -0.39 is 42.4 Å². The number of rotatable bonds is 16. The normalized spacial score (nSPS) is 13.1. The lowest BCUT2D eigenvalue weighted by molar-refractivity contribution is -0.140. The Balaban J connectivity index is 4.43. The molecular formula is C20H30N4O8. The van der Waals surface area contributed by atoms with Crippen molar-refractivity contribution in [1.29, 1.82) is 0 Å². The Morgan fingerprint density at radius 2 is 1.53 bits per heavy atom. The number of allylic oxidation sites excluding steroid dienone is 3. The van der Waals surface area contributed by atoms with Gasteiger partial charge >= 0.3 is 23.9 Å². The zero-order chi connectivity index (χ0) is 24.5. The largest absolute Gasteiger partial charge is 0.481 e. The van der Waals surface area contributed by atoms with Gasteiger partial charge in [-0.1, -0.05) is 24.8 Å². The van der Waals surface area contributed by atoms with Gasteiger partial charge in [0.15, 0.2) is 0 Å². The average Bonchev–Trinajstić information content (AvgIpc) is 2.72. The van der Waals surface area contributed by atoms with E-state index in [1.807, 2.05) is 0 Å². The van der Waals surface area contributed by atoms with E-state index in [0.29, 0.717) is 18.4 Å². The van der Waals surface area contributed by atoms with Gasteiger partial charge in [-0.25, -0.2) is 14.4 Å². The molecule has 8 N–H and O–H groups in total. The average molecular weight is 454 g/mol. The second kappa shape index (κ2) is 15.9. The van der Waals surface area contributed by atoms with E-state index in [2.05, 4.69) is 22.5 Å². The van der Waals surface area contributed by atoms with E-state index in [-0.39, 0.29) is 31.7 Å². The molecular weight excluding hydrogens is 424 g/mol. The molecule has 0 unspecified atom stereocenters. The molecule has 3 amide bonds. The number of unbranched alkanes of at least 4 members (excludes halogenated alkanes) is 1. The number of carbonyl (C=O) groups is 5. The third kappa shape index (κ3) is 13.4. The van der Waals surface area contributed by atoms with Gasteiger partial charge in [0.25, 0.3) is 0 Å². The number of hydrogen-bond acceptors (Lipinski definition) is 6. The molecule has 32 heavy (non-hydrogen) atoms. The lowest BCUT2D eigenvalue weighted by atomic mass is 10.1. The van der Waals surface area contributed by atoms with E-state index in [0.717, 1.165) is 0 Å². The predicted molar refractivity (Wildman–Crippen MR) is 114 cm³/mol. The summed E-state index contributed by atoms with van der Waals surface area (Å²) in [5.74, 6) is -4.23. The molecule has 0 bridgehead atoms. The molecule has 0 aromatic carbocycles. The van der Waals surface area contributed by atoms with Crippen LogP contribution in [-0.4, -0.2) is 63.8 Å². The van der Waals surface area contributed by atoms with Gasteiger partial charge in [0, 0.05) is 13.0 Å². The third-order valence-corrected chi connectivity index (χ3v) is 4.12. The SMILES string of the molecule is C=C/C=C\C(=C/N)CC(=O)NCCCC[C@H](NC(=O)N[C@@H](CCC(=O)O)C(=O)O)C(=O)O. The van der Waals surface area contributed by atoms with Crippen LogP contribution in [0.15, 0.2) is 36.6 Å². The lowest BCUT2D eigenvalue weighted by Crippen LogP contribution is -2.51. The van der Waals surface area contributed by atoms with Crippen molar-refractivity contribution in [2.45, 2.75) is 50.6 Å². The standard InChI is InChI=1S/C20H30N4O8/c1-2-3-6-13(12-21)11-16(25)22-10-5-4-7-14(18(28)29)23-20(32)24-15(19(30)31)8-9-17(26)27/h2-3,6,12,14-15H,1,4-5,7-11,21H2,(H,22,25)(H,26,27)(H,28,29)(H,30,31)(H2,23,24,32)/b6-3-,13-12+/t14-,15-/m0/s1. The number of nitrogens with two attached hydrogens (primary N) is 1. The Labute approximate surface area is 185 Å². The quantitative estimate of drug-likeness (QED) is 0.126. The number of aliphatic carboxylic acids is 3. The van der Waals surface area contributed by atoms with Crippen LogP contribution in [0, 0.1) is 0 Å². The Morgan fingerprint density at radius 1 is 0.938 bits per heavy atom. The fraction of sp³-hybridized carbons (Fsp3) is 0.450. The van der Waals surface area contributed by atoms with Crippen molar-refractivity contribution in [2.75, 3.05) is 6.54 Å². The summed E-state index contributed by atoms with van der Waals surface area (Å²) in [7, 11) is 0. The van der Waals surface area contributed by atoms with Crippen molar-refractivity contribution in [1.82, 2.24) is 16.0 Å². The molecule has 0 aromatic rings. The summed E-state index contributed by atoms with van der Waals surface area (Å²) in [6.45, 7) is 3.81. The first kappa shape index (κ1) is 28.2. The maximum absolute atomic E-state index is 11.9. The summed E-state index contributed by atoms with van der Waals surface area (Å²) in [5, 5.41) is 33.8. The Bertz CT molecular complexity index is 748. The highest BCUT2D eigenvalue weighted by atomic mass is 16.4. The van der Waals surface area contributed by atoms with Crippen LogP contribution in [0.1, 0.15) is 38.5 Å². The first-order valence-corrected chi connectivity index (χ1v) is 9.81. The second-order valence-electron chi connectivity index (χ2n) is 6.69. The molecule has 0 aliphatic heterocycles. The minimum absolute atomic E-state index is 0.0432. The van der Waals surface area contributed by atoms with Crippen LogP contribution in [0.4, 0.5) is 4.79 Å². The van der Waals surface area contributed by atoms with Gasteiger partial charge in [0.2, 0.25) is 5.91 Å². The van der Waals surface area contributed by atoms with Crippen LogP contribution in [-0.2, 0) is 19.2 Å². The summed E-state index contributed by atoms with van der Waals surface area (Å²) in [5.41, 5.74) is 6.04. The molecule has 0 aliphatic rings. The van der Waals surface area contributed by atoms with Crippen molar-refractivity contribution in [3.63, 3.8) is 0 Å². The molecule has 0 rings (SSSR count). The van der Waals surface area contributed by atoms with Crippen molar-refractivity contribution in [3.05, 3.63) is 36.6 Å². The minimum Gasteiger partial charge on any atom is -0.481 e. The Hall–Kier alpha value is -3.83. The Morgan fingerprint density at radius 3 is 2.03 bits per heavy atom. The number of amides is 3. The van der Waals surface area contributed by atoms with Gasteiger partial charge in [-0.2, -0.15) is 0 Å². The molecule has 0 radical (unpaired) electrons. The number of hydrogen-bond donors (Lipinski definition) is 7. The van der Waals surface area contributed by atoms with E-state index >= 15 is 0 Å². The van der Waals surface area contributed by atoms with Crippen LogP contribution in [0.2, 0.25) is 0 Å². The second-order valence-corrected chi connectivity index (χ2v) is 6.69. The zero-order valence-corrected chi connectivity index (χ0v) is 17.6. The first-order valence-electron chi connectivity index (χ1n) is 9.81. The molecule has 2 atom stereocenters. The fourth-order valence-corrected chi connectivity index (χ4v) is 2.45. The van der Waals surface area contributed by atoms with Crippen molar-refractivity contribution in [2.24, 2.45) is 5.73 Å². The molecule has 0 spiro atoms. The van der Waals surface area contributed by atoms with E-state index in [9.17, 15) is 29.1 Å². The van der Waals surface area contributed by atoms with Gasteiger partial charge in [-0.15, -0.1) is 0 Å². The Kier molecular flexibility index (Phi) is 14.0. The monoisotopic (exact) mass is 454 g/mol. The highest BCUT2D eigenvalue weighted by Gasteiger charge is 2.24. The number of carboxylic acid groups (broad SMARTS) is 3. The molecule has 178 valence electrons. The summed E-state index contributed by atoms with van der Waals surface area (Å²) >= 11 is 0. The summed E-state index contributed by atoms with van der Waals surface area (Å²) in [4.78, 5) is 56.8. The maximum Gasteiger partial charge on any atom is 0.326 e. The minimum atomic E-state index is -1.47. The molecule has 0 saturated carbocycles. The van der Waals surface area contributed by atoms with Crippen LogP contribution >= 0.6 is 0 Å². The van der Waals surface area contributed by atoms with Crippen LogP contribution in [0.5, 0.6) is 0 Å². The number of carbonyl (C=O) groups excluding carboxylic acids is 2. The third-order valence-electron chi connectivity index (χ3n) is 4.12. The number of urea groups is 1.